The molecule has 82 valence electrons. The molecule has 0 saturated carbocycles. The van der Waals surface area contributed by atoms with Gasteiger partial charge in [0.25, 0.3) is 0 Å². The van der Waals surface area contributed by atoms with E-state index in [4.69, 9.17) is 19.9 Å². The highest BCUT2D eigenvalue weighted by Crippen LogP contribution is 2.38. The van der Waals surface area contributed by atoms with E-state index in [-0.39, 0.29) is 18.2 Å². The monoisotopic (exact) mass is 203 g/mol. The second-order valence-electron chi connectivity index (χ2n) is 4.42. The molecule has 5 heteroatoms. The van der Waals surface area contributed by atoms with Gasteiger partial charge in [-0.1, -0.05) is 0 Å². The fourth-order valence-corrected chi connectivity index (χ4v) is 2.03. The van der Waals surface area contributed by atoms with Crippen molar-refractivity contribution in [1.29, 1.82) is 0 Å². The molecule has 2 rings (SSSR count). The third-order valence-corrected chi connectivity index (χ3v) is 2.58. The van der Waals surface area contributed by atoms with Gasteiger partial charge in [0.1, 0.15) is 18.3 Å². The van der Waals surface area contributed by atoms with Gasteiger partial charge in [-0.25, -0.2) is 0 Å². The summed E-state index contributed by atoms with van der Waals surface area (Å²) in [4.78, 5) is 0. The number of rotatable bonds is 1. The molecule has 0 unspecified atom stereocenters. The minimum atomic E-state index is -0.933. The largest absolute Gasteiger partial charge is 0.366 e. The smallest absolute Gasteiger partial charge is 0.184 e. The summed E-state index contributed by atoms with van der Waals surface area (Å²) in [5.41, 5.74) is 5.73. The second kappa shape index (κ2) is 3.15. The summed E-state index contributed by atoms with van der Waals surface area (Å²) in [7, 11) is 0. The van der Waals surface area contributed by atoms with E-state index in [1.807, 2.05) is 20.8 Å². The lowest BCUT2D eigenvalue weighted by Gasteiger charge is -2.24. The molecule has 0 aromatic rings. The highest BCUT2D eigenvalue weighted by molar-refractivity contribution is 4.97. The lowest BCUT2D eigenvalue weighted by atomic mass is 10.1. The molecule has 0 radical (unpaired) electrons. The number of fused-ring (bicyclic) bond motifs is 1. The van der Waals surface area contributed by atoms with Gasteiger partial charge in [0.15, 0.2) is 12.1 Å². The average Bonchev–Trinajstić information content (AvgIpc) is 2.47. The van der Waals surface area contributed by atoms with Crippen LogP contribution in [-0.2, 0) is 14.2 Å². The molecular formula is C9H17NO4. The fraction of sp³-hybridized carbons (Fsp3) is 1.00. The predicted octanol–water partition coefficient (Wildman–Crippen LogP) is -0.429. The second-order valence-corrected chi connectivity index (χ2v) is 4.42. The molecule has 14 heavy (non-hydrogen) atoms. The van der Waals surface area contributed by atoms with Crippen molar-refractivity contribution in [1.82, 2.24) is 0 Å². The Kier molecular flexibility index (Phi) is 2.32. The molecule has 2 aliphatic heterocycles. The number of aliphatic hydroxyl groups excluding tert-OH is 1. The lowest BCUT2D eigenvalue weighted by Crippen LogP contribution is -2.41. The molecule has 5 atom stereocenters. The van der Waals surface area contributed by atoms with Crippen LogP contribution in [0.4, 0.5) is 0 Å². The standard InChI is InChI=1S/C9H17NO4/c1-4(10)5-6-7(8(11)12-5)14-9(2,3)13-6/h4-8,11H,10H2,1-3H3/t4-,5+,6-,7-,8-/m0/s1. The first-order valence-corrected chi connectivity index (χ1v) is 4.85. The van der Waals surface area contributed by atoms with Gasteiger partial charge in [-0.15, -0.1) is 0 Å². The summed E-state index contributed by atoms with van der Waals surface area (Å²) < 4.78 is 16.4. The van der Waals surface area contributed by atoms with Crippen molar-refractivity contribution in [3.05, 3.63) is 0 Å². The molecule has 0 aliphatic carbocycles. The van der Waals surface area contributed by atoms with E-state index < -0.39 is 18.2 Å². The Morgan fingerprint density at radius 2 is 1.86 bits per heavy atom. The summed E-state index contributed by atoms with van der Waals surface area (Å²) >= 11 is 0. The van der Waals surface area contributed by atoms with Gasteiger partial charge >= 0.3 is 0 Å². The summed E-state index contributed by atoms with van der Waals surface area (Å²) in [6.45, 7) is 5.46. The average molecular weight is 203 g/mol. The Labute approximate surface area is 83.1 Å². The summed E-state index contributed by atoms with van der Waals surface area (Å²) in [6, 6.07) is -0.183. The van der Waals surface area contributed by atoms with Crippen molar-refractivity contribution in [3.63, 3.8) is 0 Å². The van der Waals surface area contributed by atoms with E-state index in [0.29, 0.717) is 0 Å². The number of nitrogens with two attached hydrogens (primary N) is 1. The van der Waals surface area contributed by atoms with Crippen LogP contribution >= 0.6 is 0 Å². The molecule has 0 bridgehead atoms. The molecule has 2 heterocycles. The normalized spacial score (nSPS) is 47.8. The van der Waals surface area contributed by atoms with Crippen LogP contribution in [0.25, 0.3) is 0 Å². The first-order chi connectivity index (χ1) is 6.41. The first-order valence-electron chi connectivity index (χ1n) is 4.85. The molecule has 2 aliphatic rings. The van der Waals surface area contributed by atoms with Crippen LogP contribution in [0, 0.1) is 0 Å². The Balaban J connectivity index is 2.15. The van der Waals surface area contributed by atoms with Crippen LogP contribution in [0.2, 0.25) is 0 Å². The van der Waals surface area contributed by atoms with Crippen molar-refractivity contribution in [2.45, 2.75) is 57.2 Å². The molecule has 5 nitrogen and oxygen atoms in total. The Hall–Kier alpha value is -0.200. The molecule has 0 spiro atoms. The Morgan fingerprint density at radius 1 is 1.29 bits per heavy atom. The summed E-state index contributed by atoms with van der Waals surface area (Å²) in [5.74, 6) is -0.659. The van der Waals surface area contributed by atoms with Crippen LogP contribution in [-0.4, -0.2) is 41.5 Å². The van der Waals surface area contributed by atoms with Crippen LogP contribution in [0.3, 0.4) is 0 Å². The molecular weight excluding hydrogens is 186 g/mol. The van der Waals surface area contributed by atoms with Gasteiger partial charge in [-0.3, -0.25) is 0 Å². The maximum atomic E-state index is 9.57. The van der Waals surface area contributed by atoms with Gasteiger partial charge in [0.05, 0.1) is 0 Å². The van der Waals surface area contributed by atoms with Gasteiger partial charge in [-0.2, -0.15) is 0 Å². The zero-order chi connectivity index (χ0) is 10.5. The highest BCUT2D eigenvalue weighted by atomic mass is 16.8. The number of aliphatic hydroxyl groups is 1. The van der Waals surface area contributed by atoms with Crippen LogP contribution in [0.5, 0.6) is 0 Å². The molecule has 0 aromatic carbocycles. The minimum Gasteiger partial charge on any atom is -0.366 e. The number of hydrogen-bond acceptors (Lipinski definition) is 5. The third-order valence-electron chi connectivity index (χ3n) is 2.58. The SMILES string of the molecule is C[C@H](N)[C@H]1O[C@H](O)[C@H]2OC(C)(C)O[C@@H]12. The van der Waals surface area contributed by atoms with Crippen LogP contribution in [0.1, 0.15) is 20.8 Å². The van der Waals surface area contributed by atoms with E-state index in [9.17, 15) is 5.11 Å². The fourth-order valence-electron chi connectivity index (χ4n) is 2.03. The zero-order valence-electron chi connectivity index (χ0n) is 8.64. The van der Waals surface area contributed by atoms with Crippen molar-refractivity contribution >= 4 is 0 Å². The van der Waals surface area contributed by atoms with E-state index in [0.717, 1.165) is 0 Å². The predicted molar refractivity (Wildman–Crippen MR) is 48.4 cm³/mol. The summed E-state index contributed by atoms with van der Waals surface area (Å²) in [5, 5.41) is 9.57. The lowest BCUT2D eigenvalue weighted by molar-refractivity contribution is -0.221. The van der Waals surface area contributed by atoms with Gasteiger partial charge in [0, 0.05) is 6.04 Å². The molecule has 3 N–H and O–H groups in total. The van der Waals surface area contributed by atoms with Gasteiger partial charge in [0.2, 0.25) is 0 Å². The van der Waals surface area contributed by atoms with Crippen molar-refractivity contribution in [2.75, 3.05) is 0 Å². The van der Waals surface area contributed by atoms with E-state index >= 15 is 0 Å². The summed E-state index contributed by atoms with van der Waals surface area (Å²) in [6.07, 6.45) is -1.91. The zero-order valence-corrected chi connectivity index (χ0v) is 8.64. The van der Waals surface area contributed by atoms with E-state index in [1.54, 1.807) is 0 Å². The molecule has 0 aromatic heterocycles. The number of hydrogen-bond donors (Lipinski definition) is 2. The first kappa shape index (κ1) is 10.3. The van der Waals surface area contributed by atoms with Crippen molar-refractivity contribution < 1.29 is 19.3 Å². The molecule has 0 amide bonds. The Bertz CT molecular complexity index is 229. The number of ether oxygens (including phenoxy) is 3. The van der Waals surface area contributed by atoms with E-state index in [1.165, 1.54) is 0 Å². The van der Waals surface area contributed by atoms with Crippen LogP contribution < -0.4 is 5.73 Å². The maximum absolute atomic E-state index is 9.57. The Morgan fingerprint density at radius 3 is 2.43 bits per heavy atom. The van der Waals surface area contributed by atoms with Gasteiger partial charge < -0.3 is 25.1 Å². The minimum absolute atomic E-state index is 0.183. The topological polar surface area (TPSA) is 73.9 Å². The van der Waals surface area contributed by atoms with Crippen molar-refractivity contribution in [2.24, 2.45) is 5.73 Å². The van der Waals surface area contributed by atoms with Crippen LogP contribution in [0.15, 0.2) is 0 Å². The third kappa shape index (κ3) is 1.55. The van der Waals surface area contributed by atoms with Gasteiger partial charge in [-0.05, 0) is 20.8 Å². The maximum Gasteiger partial charge on any atom is 0.184 e. The van der Waals surface area contributed by atoms with E-state index in [2.05, 4.69) is 0 Å². The molecule has 2 saturated heterocycles. The quantitative estimate of drug-likeness (QED) is 0.605. The highest BCUT2D eigenvalue weighted by Gasteiger charge is 2.55. The molecule has 2 fully saturated rings. The van der Waals surface area contributed by atoms with Crippen molar-refractivity contribution in [3.8, 4) is 0 Å².